The fraction of sp³-hybridized carbons (Fsp3) is 0.800. The van der Waals surface area contributed by atoms with Gasteiger partial charge in [0.05, 0.1) is 0 Å². The van der Waals surface area contributed by atoms with Gasteiger partial charge in [-0.1, -0.05) is 0 Å². The maximum Gasteiger partial charge on any atom is 0.304 e. The Labute approximate surface area is 57.3 Å². The third-order valence-electron chi connectivity index (χ3n) is 0.386. The Bertz CT molecular complexity index is 93.1. The van der Waals surface area contributed by atoms with Crippen LogP contribution in [0.4, 0.5) is 0 Å². The molecule has 0 aliphatic rings. The molecule has 0 fully saturated rings. The molecule has 0 spiro atoms. The second kappa shape index (κ2) is 2.49. The molecule has 8 heavy (non-hydrogen) atoms. The van der Waals surface area contributed by atoms with E-state index >= 15 is 0 Å². The van der Waals surface area contributed by atoms with E-state index in [1.54, 1.807) is 13.8 Å². The van der Waals surface area contributed by atoms with Crippen molar-refractivity contribution in [2.45, 2.75) is 25.3 Å². The van der Waals surface area contributed by atoms with Gasteiger partial charge >= 0.3 is 5.97 Å². The van der Waals surface area contributed by atoms with Gasteiger partial charge in [-0.15, -0.1) is 0 Å². The summed E-state index contributed by atoms with van der Waals surface area (Å²) in [4.78, 5) is 10.2. The van der Waals surface area contributed by atoms with Crippen molar-refractivity contribution in [2.24, 2.45) is 0 Å². The lowest BCUT2D eigenvalue weighted by atomic mass is 10.5. The molecule has 0 saturated carbocycles. The van der Waals surface area contributed by atoms with E-state index in [1.165, 1.54) is 6.92 Å². The van der Waals surface area contributed by atoms with E-state index in [4.69, 9.17) is 4.74 Å². The molecule has 3 heteroatoms. The normalized spacial score (nSPS) is 11.0. The molecule has 0 aliphatic carbocycles. The second-order valence-electron chi connectivity index (χ2n) is 1.96. The molecular weight excluding hydrogens is 172 g/mol. The first-order valence-electron chi connectivity index (χ1n) is 2.30. The fourth-order valence-corrected chi connectivity index (χ4v) is 0.570. The minimum absolute atomic E-state index is 0.271. The van der Waals surface area contributed by atoms with E-state index in [2.05, 4.69) is 15.9 Å². The van der Waals surface area contributed by atoms with Gasteiger partial charge in [0.1, 0.15) is 0 Å². The van der Waals surface area contributed by atoms with Crippen molar-refractivity contribution < 1.29 is 9.53 Å². The maximum absolute atomic E-state index is 10.2. The predicted molar refractivity (Wildman–Crippen MR) is 34.8 cm³/mol. The summed E-state index contributed by atoms with van der Waals surface area (Å²) in [6.45, 7) is 4.89. The van der Waals surface area contributed by atoms with Gasteiger partial charge in [-0.2, -0.15) is 0 Å². The molecule has 0 amide bonds. The van der Waals surface area contributed by atoms with E-state index in [9.17, 15) is 4.79 Å². The smallest absolute Gasteiger partial charge is 0.304 e. The van der Waals surface area contributed by atoms with Crippen molar-refractivity contribution >= 4 is 21.9 Å². The molecule has 0 aromatic heterocycles. The van der Waals surface area contributed by atoms with Gasteiger partial charge in [0.15, 0.2) is 4.51 Å². The summed E-state index contributed by atoms with van der Waals surface area (Å²) < 4.78 is 4.20. The zero-order valence-electron chi connectivity index (χ0n) is 5.19. The summed E-state index contributed by atoms with van der Waals surface area (Å²) >= 11 is 3.14. The number of hydrogen-bond acceptors (Lipinski definition) is 2. The van der Waals surface area contributed by atoms with E-state index < -0.39 is 4.51 Å². The molecule has 0 rings (SSSR count). The quantitative estimate of drug-likeness (QED) is 0.454. The van der Waals surface area contributed by atoms with Crippen LogP contribution < -0.4 is 0 Å². The van der Waals surface area contributed by atoms with Crippen LogP contribution in [0.15, 0.2) is 0 Å². The number of carbonyl (C=O) groups excluding carboxylic acids is 1. The number of halogens is 1. The lowest BCUT2D eigenvalue weighted by Gasteiger charge is -2.14. The topological polar surface area (TPSA) is 26.3 Å². The van der Waals surface area contributed by atoms with Crippen molar-refractivity contribution in [1.29, 1.82) is 0 Å². The highest BCUT2D eigenvalue weighted by molar-refractivity contribution is 9.10. The number of ether oxygens (including phenoxy) is 1. The third-order valence-corrected chi connectivity index (χ3v) is 0.548. The van der Waals surface area contributed by atoms with Crippen LogP contribution in [-0.4, -0.2) is 10.5 Å². The number of alkyl halides is 1. The zero-order chi connectivity index (χ0) is 6.78. The van der Waals surface area contributed by atoms with E-state index in [-0.39, 0.29) is 5.97 Å². The third kappa shape index (κ3) is 5.95. The van der Waals surface area contributed by atoms with Crippen LogP contribution in [0.25, 0.3) is 0 Å². The highest BCUT2D eigenvalue weighted by atomic mass is 79.9. The van der Waals surface area contributed by atoms with Crippen LogP contribution in [0.2, 0.25) is 0 Å². The summed E-state index contributed by atoms with van der Waals surface area (Å²) in [5, 5.41) is 0. The number of rotatable bonds is 1. The van der Waals surface area contributed by atoms with Gasteiger partial charge < -0.3 is 4.74 Å². The minimum atomic E-state index is -0.515. The minimum Gasteiger partial charge on any atom is -0.448 e. The number of esters is 1. The monoisotopic (exact) mass is 180 g/mol. The Morgan fingerprint density at radius 1 is 1.62 bits per heavy atom. The molecule has 48 valence electrons. The summed E-state index contributed by atoms with van der Waals surface area (Å²) in [5.74, 6) is -0.271. The molecule has 0 heterocycles. The van der Waals surface area contributed by atoms with E-state index in [0.717, 1.165) is 0 Å². The lowest BCUT2D eigenvalue weighted by molar-refractivity contribution is -0.146. The van der Waals surface area contributed by atoms with Crippen molar-refractivity contribution in [3.63, 3.8) is 0 Å². The largest absolute Gasteiger partial charge is 0.448 e. The molecule has 0 aromatic carbocycles. The molecule has 0 saturated heterocycles. The van der Waals surface area contributed by atoms with Crippen LogP contribution in [0, 0.1) is 0 Å². The average molecular weight is 181 g/mol. The summed E-state index contributed by atoms with van der Waals surface area (Å²) in [6.07, 6.45) is 0. The Hall–Kier alpha value is -0.0500. The highest BCUT2D eigenvalue weighted by Gasteiger charge is 2.14. The van der Waals surface area contributed by atoms with Crippen molar-refractivity contribution in [2.75, 3.05) is 0 Å². The SMILES string of the molecule is CC(=O)OC(C)(C)Br. The van der Waals surface area contributed by atoms with Crippen molar-refractivity contribution in [3.8, 4) is 0 Å². The van der Waals surface area contributed by atoms with Gasteiger partial charge in [0.2, 0.25) is 0 Å². The first kappa shape index (κ1) is 7.95. The van der Waals surface area contributed by atoms with Gasteiger partial charge in [0, 0.05) is 6.92 Å². The van der Waals surface area contributed by atoms with Crippen molar-refractivity contribution in [3.05, 3.63) is 0 Å². The van der Waals surface area contributed by atoms with Crippen LogP contribution in [0.5, 0.6) is 0 Å². The van der Waals surface area contributed by atoms with E-state index in [0.29, 0.717) is 0 Å². The highest BCUT2D eigenvalue weighted by Crippen LogP contribution is 2.16. The Kier molecular flexibility index (Phi) is 2.47. The van der Waals surface area contributed by atoms with Crippen LogP contribution in [0.1, 0.15) is 20.8 Å². The summed E-state index contributed by atoms with van der Waals surface area (Å²) in [6, 6.07) is 0. The Morgan fingerprint density at radius 2 is 2.00 bits per heavy atom. The molecule has 0 aliphatic heterocycles. The first-order chi connectivity index (χ1) is 3.42. The van der Waals surface area contributed by atoms with Crippen LogP contribution in [0.3, 0.4) is 0 Å². The number of hydrogen-bond donors (Lipinski definition) is 0. The number of carbonyl (C=O) groups is 1. The molecular formula is C5H9BrO2. The molecule has 0 bridgehead atoms. The first-order valence-corrected chi connectivity index (χ1v) is 3.09. The van der Waals surface area contributed by atoms with E-state index in [1.807, 2.05) is 0 Å². The summed E-state index contributed by atoms with van der Waals surface area (Å²) in [5.41, 5.74) is 0. The second-order valence-corrected chi connectivity index (χ2v) is 3.87. The van der Waals surface area contributed by atoms with Gasteiger partial charge in [0.25, 0.3) is 0 Å². The molecule has 0 unspecified atom stereocenters. The maximum atomic E-state index is 10.2. The average Bonchev–Trinajstić information content (AvgIpc) is 1.21. The van der Waals surface area contributed by atoms with Gasteiger partial charge in [-0.25, -0.2) is 0 Å². The Morgan fingerprint density at radius 3 is 2.00 bits per heavy atom. The molecule has 0 aromatic rings. The van der Waals surface area contributed by atoms with Crippen LogP contribution >= 0.6 is 15.9 Å². The summed E-state index contributed by atoms with van der Waals surface area (Å²) in [7, 11) is 0. The fourth-order valence-electron chi connectivity index (χ4n) is 0.342. The molecule has 0 radical (unpaired) electrons. The molecule has 0 N–H and O–H groups in total. The van der Waals surface area contributed by atoms with Gasteiger partial charge in [-0.05, 0) is 29.8 Å². The Balaban J connectivity index is 3.55. The lowest BCUT2D eigenvalue weighted by Crippen LogP contribution is -2.17. The standard InChI is InChI=1S/C5H9BrO2/c1-4(7)8-5(2,3)6/h1-3H3. The zero-order valence-corrected chi connectivity index (χ0v) is 6.78. The van der Waals surface area contributed by atoms with Gasteiger partial charge in [-0.3, -0.25) is 4.79 Å². The molecule has 2 nitrogen and oxygen atoms in total. The van der Waals surface area contributed by atoms with Crippen LogP contribution in [-0.2, 0) is 9.53 Å². The predicted octanol–water partition coefficient (Wildman–Crippen LogP) is 1.68. The van der Waals surface area contributed by atoms with Crippen molar-refractivity contribution in [1.82, 2.24) is 0 Å². The molecule has 0 atom stereocenters.